The molecule has 1 saturated carbocycles. The molecule has 1 atom stereocenters. The zero-order valence-electron chi connectivity index (χ0n) is 19.9. The Morgan fingerprint density at radius 3 is 2.39 bits per heavy atom. The van der Waals surface area contributed by atoms with Crippen LogP contribution in [0.5, 0.6) is 0 Å². The van der Waals surface area contributed by atoms with Crippen LogP contribution >= 0.6 is 0 Å². The van der Waals surface area contributed by atoms with E-state index in [1.807, 2.05) is 6.08 Å². The van der Waals surface area contributed by atoms with Crippen molar-refractivity contribution in [3.05, 3.63) is 58.9 Å². The Hall–Kier alpha value is -2.00. The van der Waals surface area contributed by atoms with E-state index in [0.29, 0.717) is 10.8 Å². The molecule has 1 saturated heterocycles. The van der Waals surface area contributed by atoms with Crippen LogP contribution in [0, 0.1) is 23.7 Å². The molecule has 1 aromatic heterocycles. The molecule has 3 heteroatoms. The molecule has 1 aliphatic carbocycles. The van der Waals surface area contributed by atoms with E-state index < -0.39 is 0 Å². The summed E-state index contributed by atoms with van der Waals surface area (Å²) in [5.41, 5.74) is 5.64. The van der Waals surface area contributed by atoms with E-state index in [-0.39, 0.29) is 0 Å². The highest BCUT2D eigenvalue weighted by Crippen LogP contribution is 2.61. The standard InChI is InChI=1S/C28H39N3/c1-22-5-7-23(8-6-22)9-11-25-13-14-26(30-29-25)12-10-24-21-28(24)16-19-31(20-17-28)18-15-27(2,3)4/h5-9,11,13-14,24H,10,12,15-21H2,1-4H3/b11-9+. The molecule has 0 radical (unpaired) electrons. The molecule has 3 nitrogen and oxygen atoms in total. The normalized spacial score (nSPS) is 21.1. The second-order valence-corrected chi connectivity index (χ2v) is 11.1. The Kier molecular flexibility index (Phi) is 6.62. The largest absolute Gasteiger partial charge is 0.303 e. The summed E-state index contributed by atoms with van der Waals surface area (Å²) in [6.45, 7) is 13.0. The highest BCUT2D eigenvalue weighted by Gasteiger charge is 2.53. The number of hydrogen-bond acceptors (Lipinski definition) is 3. The Morgan fingerprint density at radius 2 is 1.74 bits per heavy atom. The highest BCUT2D eigenvalue weighted by atomic mass is 15.1. The molecule has 2 heterocycles. The van der Waals surface area contributed by atoms with Gasteiger partial charge in [0.25, 0.3) is 0 Å². The van der Waals surface area contributed by atoms with Crippen LogP contribution in [0.4, 0.5) is 0 Å². The molecule has 0 N–H and O–H groups in total. The topological polar surface area (TPSA) is 29.0 Å². The van der Waals surface area contributed by atoms with Crippen molar-refractivity contribution in [2.75, 3.05) is 19.6 Å². The number of hydrogen-bond donors (Lipinski definition) is 0. The Balaban J connectivity index is 1.20. The van der Waals surface area contributed by atoms with Crippen molar-refractivity contribution in [1.82, 2.24) is 15.1 Å². The van der Waals surface area contributed by atoms with E-state index in [4.69, 9.17) is 0 Å². The highest BCUT2D eigenvalue weighted by molar-refractivity contribution is 5.67. The molecule has 0 bridgehead atoms. The molecule has 2 aliphatic rings. The molecule has 1 aliphatic heterocycles. The van der Waals surface area contributed by atoms with Gasteiger partial charge in [0.1, 0.15) is 0 Å². The third kappa shape index (κ3) is 6.26. The van der Waals surface area contributed by atoms with Crippen molar-refractivity contribution in [2.24, 2.45) is 16.7 Å². The second-order valence-electron chi connectivity index (χ2n) is 11.1. The van der Waals surface area contributed by atoms with Gasteiger partial charge in [-0.25, -0.2) is 0 Å². The summed E-state index contributed by atoms with van der Waals surface area (Å²) in [6.07, 6.45) is 12.0. The number of benzene rings is 1. The quantitative estimate of drug-likeness (QED) is 0.520. The second kappa shape index (κ2) is 9.24. The van der Waals surface area contributed by atoms with E-state index in [0.717, 1.165) is 23.7 Å². The van der Waals surface area contributed by atoms with Crippen molar-refractivity contribution in [1.29, 1.82) is 0 Å². The maximum atomic E-state index is 4.49. The van der Waals surface area contributed by atoms with Gasteiger partial charge in [-0.05, 0) is 106 Å². The van der Waals surface area contributed by atoms with Crippen molar-refractivity contribution in [3.8, 4) is 0 Å². The maximum Gasteiger partial charge on any atom is 0.0857 e. The number of rotatable bonds is 7. The van der Waals surface area contributed by atoms with Gasteiger partial charge in [-0.3, -0.25) is 0 Å². The van der Waals surface area contributed by atoms with Crippen LogP contribution in [0.1, 0.15) is 75.4 Å². The van der Waals surface area contributed by atoms with Crippen LogP contribution in [-0.2, 0) is 6.42 Å². The van der Waals surface area contributed by atoms with Gasteiger partial charge in [-0.2, -0.15) is 10.2 Å². The minimum atomic E-state index is 0.449. The van der Waals surface area contributed by atoms with Crippen LogP contribution in [0.3, 0.4) is 0 Å². The molecule has 31 heavy (non-hydrogen) atoms. The van der Waals surface area contributed by atoms with Gasteiger partial charge in [-0.1, -0.05) is 56.7 Å². The van der Waals surface area contributed by atoms with Gasteiger partial charge in [-0.15, -0.1) is 0 Å². The number of aryl methyl sites for hydroxylation is 2. The van der Waals surface area contributed by atoms with Crippen LogP contribution in [-0.4, -0.2) is 34.7 Å². The molecule has 2 aromatic rings. The molecular weight excluding hydrogens is 378 g/mol. The average molecular weight is 418 g/mol. The van der Waals surface area contributed by atoms with Crippen LogP contribution < -0.4 is 0 Å². The lowest BCUT2D eigenvalue weighted by Gasteiger charge is -2.34. The summed E-state index contributed by atoms with van der Waals surface area (Å²) in [4.78, 5) is 2.69. The lowest BCUT2D eigenvalue weighted by molar-refractivity contribution is 0.145. The first-order valence-corrected chi connectivity index (χ1v) is 12.1. The third-order valence-electron chi connectivity index (χ3n) is 7.40. The van der Waals surface area contributed by atoms with E-state index in [2.05, 4.69) is 85.3 Å². The van der Waals surface area contributed by atoms with Gasteiger partial charge < -0.3 is 4.90 Å². The summed E-state index contributed by atoms with van der Waals surface area (Å²) < 4.78 is 0. The van der Waals surface area contributed by atoms with E-state index in [1.54, 1.807) is 0 Å². The minimum Gasteiger partial charge on any atom is -0.303 e. The monoisotopic (exact) mass is 417 g/mol. The van der Waals surface area contributed by atoms with Crippen LogP contribution in [0.25, 0.3) is 12.2 Å². The maximum absolute atomic E-state index is 4.49. The van der Waals surface area contributed by atoms with Gasteiger partial charge in [0.05, 0.1) is 11.4 Å². The number of nitrogens with zero attached hydrogens (tertiary/aromatic N) is 3. The molecular formula is C28H39N3. The molecule has 4 rings (SSSR count). The minimum absolute atomic E-state index is 0.449. The summed E-state index contributed by atoms with van der Waals surface area (Å²) in [5.74, 6) is 0.903. The predicted molar refractivity (Wildman–Crippen MR) is 131 cm³/mol. The van der Waals surface area contributed by atoms with Gasteiger partial charge >= 0.3 is 0 Å². The molecule has 166 valence electrons. The van der Waals surface area contributed by atoms with Crippen LogP contribution in [0.2, 0.25) is 0 Å². The molecule has 1 unspecified atom stereocenters. The number of piperidine rings is 1. The number of aromatic nitrogens is 2. The third-order valence-corrected chi connectivity index (χ3v) is 7.40. The summed E-state index contributed by atoms with van der Waals surface area (Å²) in [7, 11) is 0. The fraction of sp³-hybridized carbons (Fsp3) is 0.571. The fourth-order valence-electron chi connectivity index (χ4n) is 4.94. The smallest absolute Gasteiger partial charge is 0.0857 e. The van der Waals surface area contributed by atoms with Crippen LogP contribution in [0.15, 0.2) is 36.4 Å². The SMILES string of the molecule is Cc1ccc(/C=C/c2ccc(CCC3CC34CCN(CCC(C)(C)C)CC4)nn2)cc1. The number of likely N-dealkylation sites (tertiary alicyclic amines) is 1. The fourth-order valence-corrected chi connectivity index (χ4v) is 4.94. The summed E-state index contributed by atoms with van der Waals surface area (Å²) >= 11 is 0. The Bertz CT molecular complexity index is 866. The Morgan fingerprint density at radius 1 is 1.00 bits per heavy atom. The summed E-state index contributed by atoms with van der Waals surface area (Å²) in [6, 6.07) is 12.8. The van der Waals surface area contributed by atoms with Crippen molar-refractivity contribution < 1.29 is 0 Å². The van der Waals surface area contributed by atoms with Gasteiger partial charge in [0.15, 0.2) is 0 Å². The van der Waals surface area contributed by atoms with Crippen molar-refractivity contribution in [2.45, 2.75) is 66.2 Å². The molecule has 1 aromatic carbocycles. The van der Waals surface area contributed by atoms with E-state index in [1.165, 1.54) is 62.9 Å². The summed E-state index contributed by atoms with van der Waals surface area (Å²) in [5, 5.41) is 8.91. The van der Waals surface area contributed by atoms with Gasteiger partial charge in [0.2, 0.25) is 0 Å². The molecule has 1 spiro atoms. The zero-order valence-corrected chi connectivity index (χ0v) is 19.9. The first-order valence-electron chi connectivity index (χ1n) is 12.1. The van der Waals surface area contributed by atoms with Crippen molar-refractivity contribution in [3.63, 3.8) is 0 Å². The first-order chi connectivity index (χ1) is 14.8. The van der Waals surface area contributed by atoms with E-state index >= 15 is 0 Å². The van der Waals surface area contributed by atoms with E-state index in [9.17, 15) is 0 Å². The zero-order chi connectivity index (χ0) is 21.9. The molecule has 0 amide bonds. The van der Waals surface area contributed by atoms with Gasteiger partial charge in [0, 0.05) is 0 Å². The lowest BCUT2D eigenvalue weighted by atomic mass is 9.88. The first kappa shape index (κ1) is 22.2. The average Bonchev–Trinajstić information content (AvgIpc) is 3.43. The Labute approximate surface area is 189 Å². The predicted octanol–water partition coefficient (Wildman–Crippen LogP) is 6.43. The lowest BCUT2D eigenvalue weighted by Crippen LogP contribution is -2.37. The van der Waals surface area contributed by atoms with Crippen molar-refractivity contribution >= 4 is 12.2 Å². The molecule has 2 fully saturated rings.